The minimum Gasteiger partial charge on any atom is -0.391 e. The smallest absolute Gasteiger partial charge is 0.252 e. The lowest BCUT2D eigenvalue weighted by molar-refractivity contribution is -0.129. The van der Waals surface area contributed by atoms with E-state index in [1.54, 1.807) is 23.1 Å². The quantitative estimate of drug-likeness (QED) is 0.862. The molecule has 1 saturated heterocycles. The summed E-state index contributed by atoms with van der Waals surface area (Å²) in [6.07, 6.45) is 0.159. The molecule has 0 unspecified atom stereocenters. The molecule has 0 radical (unpaired) electrons. The number of halogens is 1. The van der Waals surface area contributed by atoms with Gasteiger partial charge in [-0.05, 0) is 34.5 Å². The first-order valence-electron chi connectivity index (χ1n) is 6.06. The fourth-order valence-corrected chi connectivity index (χ4v) is 2.44. The molecule has 2 N–H and O–H groups in total. The highest BCUT2D eigenvalue weighted by Crippen LogP contribution is 2.15. The molecule has 1 heterocycles. The summed E-state index contributed by atoms with van der Waals surface area (Å²) in [7, 11) is 0. The molecule has 1 aliphatic heterocycles. The molecule has 19 heavy (non-hydrogen) atoms. The molecule has 0 spiro atoms. The van der Waals surface area contributed by atoms with Gasteiger partial charge in [-0.25, -0.2) is 0 Å². The SMILES string of the molecule is O=C(NCC(=O)N1CC[C@@H](O)C1)c1ccccc1Br. The van der Waals surface area contributed by atoms with Crippen LogP contribution in [0, 0.1) is 0 Å². The number of amides is 2. The van der Waals surface area contributed by atoms with Gasteiger partial charge in [0.05, 0.1) is 18.2 Å². The van der Waals surface area contributed by atoms with E-state index in [1.807, 2.05) is 6.07 Å². The Balaban J connectivity index is 1.87. The molecule has 0 bridgehead atoms. The third-order valence-electron chi connectivity index (χ3n) is 3.03. The van der Waals surface area contributed by atoms with Crippen molar-refractivity contribution >= 4 is 27.7 Å². The maximum Gasteiger partial charge on any atom is 0.252 e. The van der Waals surface area contributed by atoms with Crippen molar-refractivity contribution in [2.45, 2.75) is 12.5 Å². The number of β-amino-alcohol motifs (C(OH)–C–C–N with tert-alkyl or cyclic N) is 1. The summed E-state index contributed by atoms with van der Waals surface area (Å²) in [5, 5.41) is 11.9. The number of nitrogens with zero attached hydrogens (tertiary/aromatic N) is 1. The topological polar surface area (TPSA) is 69.6 Å². The molecular formula is C13H15BrN2O3. The van der Waals surface area contributed by atoms with Gasteiger partial charge in [0.25, 0.3) is 5.91 Å². The van der Waals surface area contributed by atoms with Crippen LogP contribution in [0.1, 0.15) is 16.8 Å². The summed E-state index contributed by atoms with van der Waals surface area (Å²) >= 11 is 3.29. The molecule has 0 saturated carbocycles. The number of hydrogen-bond acceptors (Lipinski definition) is 3. The number of hydrogen-bond donors (Lipinski definition) is 2. The van der Waals surface area contributed by atoms with Gasteiger partial charge in [0.1, 0.15) is 0 Å². The van der Waals surface area contributed by atoms with Crippen LogP contribution in [-0.4, -0.2) is 47.6 Å². The molecule has 0 aromatic heterocycles. The van der Waals surface area contributed by atoms with Crippen LogP contribution in [0.2, 0.25) is 0 Å². The Morgan fingerprint density at radius 3 is 2.79 bits per heavy atom. The van der Waals surface area contributed by atoms with Gasteiger partial charge in [0.15, 0.2) is 0 Å². The molecule has 102 valence electrons. The van der Waals surface area contributed by atoms with Crippen molar-refractivity contribution < 1.29 is 14.7 Å². The lowest BCUT2D eigenvalue weighted by atomic mass is 10.2. The van der Waals surface area contributed by atoms with Crippen LogP contribution in [0.25, 0.3) is 0 Å². The number of aliphatic hydroxyl groups is 1. The van der Waals surface area contributed by atoms with Crippen LogP contribution in [0.3, 0.4) is 0 Å². The maximum atomic E-state index is 11.9. The number of nitrogens with one attached hydrogen (secondary N) is 1. The monoisotopic (exact) mass is 326 g/mol. The summed E-state index contributed by atoms with van der Waals surface area (Å²) in [5.74, 6) is -0.461. The zero-order chi connectivity index (χ0) is 13.8. The molecule has 0 aliphatic carbocycles. The number of carbonyl (C=O) groups excluding carboxylic acids is 2. The summed E-state index contributed by atoms with van der Waals surface area (Å²) in [6.45, 7) is 0.849. The zero-order valence-electron chi connectivity index (χ0n) is 10.3. The van der Waals surface area contributed by atoms with Crippen molar-refractivity contribution in [3.63, 3.8) is 0 Å². The number of benzene rings is 1. The summed E-state index contributed by atoms with van der Waals surface area (Å²) < 4.78 is 0.691. The number of rotatable bonds is 3. The van der Waals surface area contributed by atoms with Crippen molar-refractivity contribution in [3.05, 3.63) is 34.3 Å². The van der Waals surface area contributed by atoms with Crippen LogP contribution in [0.5, 0.6) is 0 Å². The van der Waals surface area contributed by atoms with E-state index in [0.717, 1.165) is 0 Å². The first-order chi connectivity index (χ1) is 9.08. The Hall–Kier alpha value is -1.40. The predicted octanol–water partition coefficient (Wildman–Crippen LogP) is 0.772. The van der Waals surface area contributed by atoms with Gasteiger partial charge in [-0.15, -0.1) is 0 Å². The largest absolute Gasteiger partial charge is 0.391 e. The fourth-order valence-electron chi connectivity index (χ4n) is 1.98. The highest BCUT2D eigenvalue weighted by atomic mass is 79.9. The average Bonchev–Trinajstić information content (AvgIpc) is 2.83. The summed E-state index contributed by atoms with van der Waals surface area (Å²) in [4.78, 5) is 25.2. The summed E-state index contributed by atoms with van der Waals surface area (Å²) in [6, 6.07) is 7.03. The molecular weight excluding hydrogens is 312 g/mol. The van der Waals surface area contributed by atoms with E-state index in [-0.39, 0.29) is 18.4 Å². The van der Waals surface area contributed by atoms with Crippen molar-refractivity contribution in [1.82, 2.24) is 10.2 Å². The van der Waals surface area contributed by atoms with Crippen molar-refractivity contribution in [3.8, 4) is 0 Å². The van der Waals surface area contributed by atoms with Gasteiger partial charge in [0.2, 0.25) is 5.91 Å². The predicted molar refractivity (Wildman–Crippen MR) is 73.7 cm³/mol. The van der Waals surface area contributed by atoms with Crippen LogP contribution < -0.4 is 5.32 Å². The molecule has 2 amide bonds. The number of aliphatic hydroxyl groups excluding tert-OH is 1. The first kappa shape index (κ1) is 14.0. The average molecular weight is 327 g/mol. The second-order valence-electron chi connectivity index (χ2n) is 4.44. The first-order valence-corrected chi connectivity index (χ1v) is 6.86. The molecule has 1 fully saturated rings. The normalized spacial score (nSPS) is 18.4. The van der Waals surface area contributed by atoms with E-state index < -0.39 is 6.10 Å². The van der Waals surface area contributed by atoms with Crippen molar-refractivity contribution in [2.75, 3.05) is 19.6 Å². The van der Waals surface area contributed by atoms with Crippen LogP contribution in [-0.2, 0) is 4.79 Å². The second kappa shape index (κ2) is 6.16. The molecule has 1 aromatic carbocycles. The lowest BCUT2D eigenvalue weighted by Gasteiger charge is -2.15. The van der Waals surface area contributed by atoms with Gasteiger partial charge >= 0.3 is 0 Å². The highest BCUT2D eigenvalue weighted by Gasteiger charge is 2.24. The second-order valence-corrected chi connectivity index (χ2v) is 5.30. The maximum absolute atomic E-state index is 11.9. The zero-order valence-corrected chi connectivity index (χ0v) is 11.9. The molecule has 1 atom stereocenters. The van der Waals surface area contributed by atoms with Gasteiger partial charge in [-0.1, -0.05) is 12.1 Å². The van der Waals surface area contributed by atoms with Gasteiger partial charge in [-0.3, -0.25) is 9.59 Å². The van der Waals surface area contributed by atoms with Crippen molar-refractivity contribution in [1.29, 1.82) is 0 Å². The Kier molecular flexibility index (Phi) is 4.55. The van der Waals surface area contributed by atoms with Crippen LogP contribution in [0.15, 0.2) is 28.7 Å². The molecule has 2 rings (SSSR count). The lowest BCUT2D eigenvalue weighted by Crippen LogP contribution is -2.39. The van der Waals surface area contributed by atoms with Gasteiger partial charge < -0.3 is 15.3 Å². The third kappa shape index (κ3) is 3.54. The molecule has 1 aromatic rings. The van der Waals surface area contributed by atoms with Crippen molar-refractivity contribution in [2.24, 2.45) is 0 Å². The van der Waals surface area contributed by atoms with E-state index in [4.69, 9.17) is 0 Å². The number of likely N-dealkylation sites (tertiary alicyclic amines) is 1. The van der Waals surface area contributed by atoms with E-state index >= 15 is 0 Å². The van der Waals surface area contributed by atoms with E-state index in [1.165, 1.54) is 0 Å². The summed E-state index contributed by atoms with van der Waals surface area (Å²) in [5.41, 5.74) is 0.497. The Morgan fingerprint density at radius 2 is 2.16 bits per heavy atom. The van der Waals surface area contributed by atoms with E-state index in [0.29, 0.717) is 29.5 Å². The molecule has 1 aliphatic rings. The standard InChI is InChI=1S/C13H15BrN2O3/c14-11-4-2-1-3-10(11)13(19)15-7-12(18)16-6-5-9(17)8-16/h1-4,9,17H,5-8H2,(H,15,19)/t9-/m1/s1. The Morgan fingerprint density at radius 1 is 1.42 bits per heavy atom. The van der Waals surface area contributed by atoms with Crippen LogP contribution >= 0.6 is 15.9 Å². The van der Waals surface area contributed by atoms with Crippen LogP contribution in [0.4, 0.5) is 0 Å². The molecule has 6 heteroatoms. The van der Waals surface area contributed by atoms with Gasteiger partial charge in [0, 0.05) is 17.6 Å². The highest BCUT2D eigenvalue weighted by molar-refractivity contribution is 9.10. The minimum atomic E-state index is -0.442. The minimum absolute atomic E-state index is 0.0487. The van der Waals surface area contributed by atoms with E-state index in [9.17, 15) is 14.7 Å². The Bertz CT molecular complexity index is 493. The van der Waals surface area contributed by atoms with Gasteiger partial charge in [-0.2, -0.15) is 0 Å². The molecule has 5 nitrogen and oxygen atoms in total. The third-order valence-corrected chi connectivity index (χ3v) is 3.73. The Labute approximate surface area is 119 Å². The number of carbonyl (C=O) groups is 2. The fraction of sp³-hybridized carbons (Fsp3) is 0.385. The van der Waals surface area contributed by atoms with E-state index in [2.05, 4.69) is 21.2 Å².